The Hall–Kier alpha value is -2.10. The zero-order valence-electron chi connectivity index (χ0n) is 11.5. The number of nitrogens with one attached hydrogen (secondary N) is 2. The minimum Gasteiger partial charge on any atom is -0.369 e. The van der Waals surface area contributed by atoms with Crippen LogP contribution in [0.5, 0.6) is 5.75 Å². The lowest BCUT2D eigenvalue weighted by molar-refractivity contribution is 0.252. The first-order valence-electron chi connectivity index (χ1n) is 6.32. The summed E-state index contributed by atoms with van der Waals surface area (Å²) in [5.41, 5.74) is 0.213. The summed E-state index contributed by atoms with van der Waals surface area (Å²) >= 11 is 1.62. The molecule has 0 saturated heterocycles. The quantitative estimate of drug-likeness (QED) is 0.742. The summed E-state index contributed by atoms with van der Waals surface area (Å²) in [5, 5.41) is 12.0. The van der Waals surface area contributed by atoms with Gasteiger partial charge in [-0.2, -0.15) is 13.6 Å². The van der Waals surface area contributed by atoms with Crippen LogP contribution < -0.4 is 20.0 Å². The Kier molecular flexibility index (Phi) is 5.36. The van der Waals surface area contributed by atoms with Crippen LogP contribution in [0.2, 0.25) is 0 Å². The van der Waals surface area contributed by atoms with Crippen molar-refractivity contribution < 1.29 is 17.4 Å². The van der Waals surface area contributed by atoms with E-state index in [9.17, 15) is 13.2 Å². The second kappa shape index (κ2) is 7.25. The van der Waals surface area contributed by atoms with Crippen LogP contribution >= 0.6 is 11.3 Å². The smallest absolute Gasteiger partial charge is 0.369 e. The monoisotopic (exact) mass is 341 g/mol. The van der Waals surface area contributed by atoms with Gasteiger partial charge in [0.25, 0.3) is 0 Å². The van der Waals surface area contributed by atoms with Crippen LogP contribution in [0.15, 0.2) is 41.8 Å². The third-order valence-corrected chi connectivity index (χ3v) is 3.93. The maximum Gasteiger partial charge on any atom is 0.380 e. The predicted octanol–water partition coefficient (Wildman–Crippen LogP) is 1.69. The van der Waals surface area contributed by atoms with Crippen molar-refractivity contribution in [3.8, 4) is 5.75 Å². The first-order valence-corrected chi connectivity index (χ1v) is 8.67. The number of anilines is 1. The number of para-hydroxylation sites is 2. The van der Waals surface area contributed by atoms with Gasteiger partial charge in [0.2, 0.25) is 0 Å². The number of rotatable bonds is 6. The van der Waals surface area contributed by atoms with Gasteiger partial charge in [-0.15, -0.1) is 11.3 Å². The molecule has 0 aliphatic carbocycles. The molecule has 22 heavy (non-hydrogen) atoms. The highest BCUT2D eigenvalue weighted by Crippen LogP contribution is 2.24. The van der Waals surface area contributed by atoms with Crippen LogP contribution in [0.3, 0.4) is 0 Å². The molecule has 1 aromatic carbocycles. The highest BCUT2D eigenvalue weighted by molar-refractivity contribution is 7.84. The molecule has 7 nitrogen and oxygen atoms in total. The minimum atomic E-state index is -4.15. The molecule has 9 heteroatoms. The van der Waals surface area contributed by atoms with Gasteiger partial charge in [0.1, 0.15) is 0 Å². The topological polar surface area (TPSA) is 111 Å². The zero-order chi connectivity index (χ0) is 16.0. The summed E-state index contributed by atoms with van der Waals surface area (Å²) in [4.78, 5) is 13.0. The number of urea groups is 1. The van der Waals surface area contributed by atoms with Gasteiger partial charge in [-0.25, -0.2) is 4.79 Å². The summed E-state index contributed by atoms with van der Waals surface area (Å²) in [6, 6.07) is 9.59. The van der Waals surface area contributed by atoms with E-state index in [1.807, 2.05) is 17.5 Å². The van der Waals surface area contributed by atoms with Crippen molar-refractivity contribution in [3.05, 3.63) is 46.7 Å². The van der Waals surface area contributed by atoms with Gasteiger partial charge in [-0.05, 0) is 30.0 Å². The van der Waals surface area contributed by atoms with Crippen molar-refractivity contribution in [3.63, 3.8) is 0 Å². The Morgan fingerprint density at radius 2 is 2.00 bits per heavy atom. The van der Waals surface area contributed by atoms with Crippen LogP contribution in [-0.4, -0.2) is 21.0 Å². The number of amides is 2. The molecule has 2 aromatic rings. The van der Waals surface area contributed by atoms with E-state index in [-0.39, 0.29) is 11.4 Å². The van der Waals surface area contributed by atoms with Crippen molar-refractivity contribution in [1.29, 1.82) is 0 Å². The molecule has 0 aliphatic rings. The average Bonchev–Trinajstić information content (AvgIpc) is 2.92. The van der Waals surface area contributed by atoms with E-state index in [0.29, 0.717) is 6.54 Å². The number of hydrogen-bond donors (Lipinski definition) is 3. The molecule has 0 aliphatic heterocycles. The molecule has 0 fully saturated rings. The van der Waals surface area contributed by atoms with E-state index < -0.39 is 16.3 Å². The first kappa shape index (κ1) is 16.3. The molecule has 2 amide bonds. The molecule has 0 unspecified atom stereocenters. The largest absolute Gasteiger partial charge is 0.380 e. The number of hydrogen-bond acceptors (Lipinski definition) is 5. The van der Waals surface area contributed by atoms with Gasteiger partial charge in [0.05, 0.1) is 5.69 Å². The molecule has 0 spiro atoms. The molecule has 0 bridgehead atoms. The van der Waals surface area contributed by atoms with E-state index >= 15 is 0 Å². The standard InChI is InChI=1S/C13H15N3O4S2/c14-22(18,19)20-12-6-2-1-5-11(12)16-13(17)15-8-7-10-4-3-9-21-10/h1-6,9H,7-8H2,(H2,14,18,19)(H2,15,16,17). The molecule has 4 N–H and O–H groups in total. The third-order valence-electron chi connectivity index (χ3n) is 2.58. The van der Waals surface area contributed by atoms with Crippen molar-refractivity contribution >= 4 is 33.4 Å². The van der Waals surface area contributed by atoms with Crippen molar-refractivity contribution in [2.24, 2.45) is 5.14 Å². The lowest BCUT2D eigenvalue weighted by atomic mass is 10.3. The van der Waals surface area contributed by atoms with Crippen LogP contribution in [0, 0.1) is 0 Å². The van der Waals surface area contributed by atoms with Crippen LogP contribution in [0.4, 0.5) is 10.5 Å². The van der Waals surface area contributed by atoms with Crippen LogP contribution in [0.1, 0.15) is 4.88 Å². The molecule has 0 atom stereocenters. The lowest BCUT2D eigenvalue weighted by Crippen LogP contribution is -2.30. The summed E-state index contributed by atoms with van der Waals surface area (Å²) in [6.07, 6.45) is 0.723. The summed E-state index contributed by atoms with van der Waals surface area (Å²) in [5.74, 6) is -0.0431. The maximum absolute atomic E-state index is 11.8. The van der Waals surface area contributed by atoms with Gasteiger partial charge in [0.15, 0.2) is 5.75 Å². The SMILES string of the molecule is NS(=O)(=O)Oc1ccccc1NC(=O)NCCc1cccs1. The Morgan fingerprint density at radius 3 is 2.68 bits per heavy atom. The summed E-state index contributed by atoms with van der Waals surface area (Å²) in [7, 11) is -4.15. The molecule has 118 valence electrons. The average molecular weight is 341 g/mol. The summed E-state index contributed by atoms with van der Waals surface area (Å²) in [6.45, 7) is 0.463. The highest BCUT2D eigenvalue weighted by atomic mass is 32.2. The van der Waals surface area contributed by atoms with Crippen LogP contribution in [-0.2, 0) is 16.7 Å². The van der Waals surface area contributed by atoms with E-state index in [2.05, 4.69) is 14.8 Å². The van der Waals surface area contributed by atoms with E-state index in [4.69, 9.17) is 5.14 Å². The number of benzene rings is 1. The fourth-order valence-electron chi connectivity index (χ4n) is 1.69. The summed E-state index contributed by atoms with van der Waals surface area (Å²) < 4.78 is 26.5. The first-order chi connectivity index (χ1) is 10.4. The van der Waals surface area contributed by atoms with Crippen molar-refractivity contribution in [1.82, 2.24) is 5.32 Å². The highest BCUT2D eigenvalue weighted by Gasteiger charge is 2.11. The molecule has 2 rings (SSSR count). The fourth-order valence-corrected chi connectivity index (χ4v) is 2.79. The predicted molar refractivity (Wildman–Crippen MR) is 85.2 cm³/mol. The Labute approximate surface area is 132 Å². The number of thiophene rings is 1. The molecule has 0 saturated carbocycles. The van der Waals surface area contributed by atoms with E-state index in [1.165, 1.54) is 17.0 Å². The van der Waals surface area contributed by atoms with Gasteiger partial charge < -0.3 is 14.8 Å². The van der Waals surface area contributed by atoms with Gasteiger partial charge in [0, 0.05) is 11.4 Å². The molecular formula is C13H15N3O4S2. The Balaban J connectivity index is 1.91. The van der Waals surface area contributed by atoms with E-state index in [0.717, 1.165) is 6.42 Å². The number of carbonyl (C=O) groups is 1. The molecule has 0 radical (unpaired) electrons. The Morgan fingerprint density at radius 1 is 1.23 bits per heavy atom. The van der Waals surface area contributed by atoms with Crippen molar-refractivity contribution in [2.45, 2.75) is 6.42 Å². The lowest BCUT2D eigenvalue weighted by Gasteiger charge is -2.11. The minimum absolute atomic E-state index is 0.0431. The fraction of sp³-hybridized carbons (Fsp3) is 0.154. The maximum atomic E-state index is 11.8. The number of carbonyl (C=O) groups excluding carboxylic acids is 1. The third kappa shape index (κ3) is 5.35. The van der Waals surface area contributed by atoms with Crippen molar-refractivity contribution in [2.75, 3.05) is 11.9 Å². The molecular weight excluding hydrogens is 326 g/mol. The molecule has 1 heterocycles. The second-order valence-corrected chi connectivity index (χ2v) is 6.47. The number of nitrogens with two attached hydrogens (primary N) is 1. The van der Waals surface area contributed by atoms with E-state index in [1.54, 1.807) is 23.5 Å². The normalized spacial score (nSPS) is 11.0. The van der Waals surface area contributed by atoms with Gasteiger partial charge in [-0.1, -0.05) is 18.2 Å². The molecule has 1 aromatic heterocycles. The van der Waals surface area contributed by atoms with Crippen LogP contribution in [0.25, 0.3) is 0 Å². The van der Waals surface area contributed by atoms with Gasteiger partial charge in [-0.3, -0.25) is 0 Å². The second-order valence-electron chi connectivity index (χ2n) is 4.28. The zero-order valence-corrected chi connectivity index (χ0v) is 13.1. The Bertz CT molecular complexity index is 730. The van der Waals surface area contributed by atoms with Gasteiger partial charge >= 0.3 is 16.3 Å².